The molecule has 0 aromatic carbocycles. The molecule has 1 rings (SSSR count). The summed E-state index contributed by atoms with van der Waals surface area (Å²) < 4.78 is 0. The summed E-state index contributed by atoms with van der Waals surface area (Å²) in [6, 6.07) is 4.52. The van der Waals surface area contributed by atoms with Gasteiger partial charge in [-0.05, 0) is 37.8 Å². The van der Waals surface area contributed by atoms with Crippen molar-refractivity contribution in [1.29, 1.82) is 0 Å². The van der Waals surface area contributed by atoms with Crippen molar-refractivity contribution in [2.45, 2.75) is 33.6 Å². The molecule has 0 bridgehead atoms. The molecule has 0 nitrogen and oxygen atoms in total. The first-order valence-corrected chi connectivity index (χ1v) is 5.78. The van der Waals surface area contributed by atoms with Gasteiger partial charge in [-0.15, -0.1) is 11.3 Å². The zero-order valence-corrected chi connectivity index (χ0v) is 9.53. The van der Waals surface area contributed by atoms with Gasteiger partial charge < -0.3 is 0 Å². The van der Waals surface area contributed by atoms with E-state index in [9.17, 15) is 0 Å². The molecular weight excluding hydrogens is 176 g/mol. The quantitative estimate of drug-likeness (QED) is 0.634. The summed E-state index contributed by atoms with van der Waals surface area (Å²) in [7, 11) is 0. The van der Waals surface area contributed by atoms with Crippen molar-refractivity contribution in [1.82, 2.24) is 0 Å². The first-order valence-electron chi connectivity index (χ1n) is 4.96. The van der Waals surface area contributed by atoms with Crippen LogP contribution in [0.25, 0.3) is 0 Å². The van der Waals surface area contributed by atoms with Gasteiger partial charge in [0, 0.05) is 9.75 Å². The Balaban J connectivity index is 2.53. The SMILES string of the molecule is C/C=C\C(C)Cc1ccc(CC)s1. The molecule has 0 saturated heterocycles. The molecule has 1 unspecified atom stereocenters. The summed E-state index contributed by atoms with van der Waals surface area (Å²) >= 11 is 1.95. The Bertz CT molecular complexity index is 270. The van der Waals surface area contributed by atoms with Crippen molar-refractivity contribution in [3.63, 3.8) is 0 Å². The minimum absolute atomic E-state index is 0.674. The monoisotopic (exact) mass is 194 g/mol. The highest BCUT2D eigenvalue weighted by molar-refractivity contribution is 7.11. The van der Waals surface area contributed by atoms with Crippen LogP contribution in [0.1, 0.15) is 30.5 Å². The normalized spacial score (nSPS) is 13.8. The van der Waals surface area contributed by atoms with Gasteiger partial charge in [0.25, 0.3) is 0 Å². The lowest BCUT2D eigenvalue weighted by Crippen LogP contribution is -1.92. The average molecular weight is 194 g/mol. The van der Waals surface area contributed by atoms with Gasteiger partial charge in [-0.3, -0.25) is 0 Å². The van der Waals surface area contributed by atoms with E-state index in [4.69, 9.17) is 0 Å². The highest BCUT2D eigenvalue weighted by atomic mass is 32.1. The molecule has 0 spiro atoms. The third kappa shape index (κ3) is 3.35. The van der Waals surface area contributed by atoms with Crippen molar-refractivity contribution < 1.29 is 0 Å². The zero-order chi connectivity index (χ0) is 9.68. The van der Waals surface area contributed by atoms with Gasteiger partial charge in [-0.2, -0.15) is 0 Å². The van der Waals surface area contributed by atoms with Crippen LogP contribution in [0.3, 0.4) is 0 Å². The molecule has 0 saturated carbocycles. The van der Waals surface area contributed by atoms with Gasteiger partial charge in [0.1, 0.15) is 0 Å². The van der Waals surface area contributed by atoms with Gasteiger partial charge in [-0.1, -0.05) is 26.0 Å². The summed E-state index contributed by atoms with van der Waals surface area (Å²) in [6.45, 7) is 6.57. The van der Waals surface area contributed by atoms with E-state index in [1.54, 1.807) is 0 Å². The minimum atomic E-state index is 0.674. The van der Waals surface area contributed by atoms with Gasteiger partial charge in [-0.25, -0.2) is 0 Å². The van der Waals surface area contributed by atoms with Gasteiger partial charge >= 0.3 is 0 Å². The number of thiophene rings is 1. The second kappa shape index (κ2) is 5.23. The van der Waals surface area contributed by atoms with E-state index in [1.165, 1.54) is 22.6 Å². The van der Waals surface area contributed by atoms with E-state index in [-0.39, 0.29) is 0 Å². The summed E-state index contributed by atoms with van der Waals surface area (Å²) in [5, 5.41) is 0. The highest BCUT2D eigenvalue weighted by Crippen LogP contribution is 2.20. The maximum absolute atomic E-state index is 2.27. The van der Waals surface area contributed by atoms with Crippen molar-refractivity contribution in [3.8, 4) is 0 Å². The average Bonchev–Trinajstić information content (AvgIpc) is 2.52. The molecule has 72 valence electrons. The number of rotatable bonds is 4. The number of hydrogen-bond acceptors (Lipinski definition) is 1. The van der Waals surface area contributed by atoms with E-state index >= 15 is 0 Å². The van der Waals surface area contributed by atoms with Crippen molar-refractivity contribution in [2.75, 3.05) is 0 Å². The molecule has 0 aliphatic rings. The van der Waals surface area contributed by atoms with Crippen molar-refractivity contribution >= 4 is 11.3 Å². The maximum atomic E-state index is 2.27. The van der Waals surface area contributed by atoms with Crippen LogP contribution in [-0.4, -0.2) is 0 Å². The third-order valence-corrected chi connectivity index (χ3v) is 3.36. The van der Waals surface area contributed by atoms with E-state index in [1.807, 2.05) is 11.3 Å². The van der Waals surface area contributed by atoms with E-state index in [0.29, 0.717) is 5.92 Å². The lowest BCUT2D eigenvalue weighted by Gasteiger charge is -2.02. The molecule has 13 heavy (non-hydrogen) atoms. The van der Waals surface area contributed by atoms with Crippen LogP contribution in [0.5, 0.6) is 0 Å². The number of hydrogen-bond donors (Lipinski definition) is 0. The van der Waals surface area contributed by atoms with Gasteiger partial charge in [0.05, 0.1) is 0 Å². The van der Waals surface area contributed by atoms with Crippen molar-refractivity contribution in [3.05, 3.63) is 34.0 Å². The Morgan fingerprint density at radius 2 is 2.08 bits per heavy atom. The summed E-state index contributed by atoms with van der Waals surface area (Å²) in [6.07, 6.45) is 6.77. The Morgan fingerprint density at radius 1 is 1.38 bits per heavy atom. The fourth-order valence-electron chi connectivity index (χ4n) is 1.44. The number of aryl methyl sites for hydroxylation is 1. The lowest BCUT2D eigenvalue weighted by atomic mass is 10.1. The molecule has 0 aliphatic heterocycles. The minimum Gasteiger partial charge on any atom is -0.145 e. The molecule has 0 fully saturated rings. The maximum Gasteiger partial charge on any atom is 0.00539 e. The van der Waals surface area contributed by atoms with E-state index < -0.39 is 0 Å². The lowest BCUT2D eigenvalue weighted by molar-refractivity contribution is 0.731. The first kappa shape index (κ1) is 10.5. The van der Waals surface area contributed by atoms with Crippen LogP contribution >= 0.6 is 11.3 Å². The Kier molecular flexibility index (Phi) is 4.23. The van der Waals surface area contributed by atoms with E-state index in [0.717, 1.165) is 0 Å². The van der Waals surface area contributed by atoms with Crippen LogP contribution in [-0.2, 0) is 12.8 Å². The Morgan fingerprint density at radius 3 is 2.62 bits per heavy atom. The second-order valence-corrected chi connectivity index (χ2v) is 4.68. The predicted molar refractivity (Wildman–Crippen MR) is 61.4 cm³/mol. The molecule has 1 heterocycles. The van der Waals surface area contributed by atoms with Crippen LogP contribution in [0.15, 0.2) is 24.3 Å². The Labute approximate surface area is 85.3 Å². The van der Waals surface area contributed by atoms with E-state index in [2.05, 4.69) is 45.1 Å². The number of allylic oxidation sites excluding steroid dienone is 2. The zero-order valence-electron chi connectivity index (χ0n) is 8.71. The van der Waals surface area contributed by atoms with Crippen LogP contribution in [0, 0.1) is 5.92 Å². The van der Waals surface area contributed by atoms with Crippen molar-refractivity contribution in [2.24, 2.45) is 5.92 Å². The van der Waals surface area contributed by atoms with Gasteiger partial charge in [0.2, 0.25) is 0 Å². The summed E-state index contributed by atoms with van der Waals surface area (Å²) in [5.41, 5.74) is 0. The molecule has 0 aliphatic carbocycles. The smallest absolute Gasteiger partial charge is 0.00539 e. The Hall–Kier alpha value is -0.560. The molecule has 1 atom stereocenters. The first-order chi connectivity index (χ1) is 6.26. The third-order valence-electron chi connectivity index (χ3n) is 2.11. The standard InChI is InChI=1S/C12H18S/c1-4-6-10(3)9-12-8-7-11(5-2)13-12/h4,6-8,10H,5,9H2,1-3H3/b6-4-. The fraction of sp³-hybridized carbons (Fsp3) is 0.500. The highest BCUT2D eigenvalue weighted by Gasteiger charge is 2.02. The summed E-state index contributed by atoms with van der Waals surface area (Å²) in [5.74, 6) is 0.674. The molecule has 0 radical (unpaired) electrons. The van der Waals surface area contributed by atoms with Crippen LogP contribution in [0.2, 0.25) is 0 Å². The molecule has 0 N–H and O–H groups in total. The largest absolute Gasteiger partial charge is 0.145 e. The predicted octanol–water partition coefficient (Wildman–Crippen LogP) is 4.07. The molecule has 1 aromatic rings. The topological polar surface area (TPSA) is 0 Å². The van der Waals surface area contributed by atoms with Crippen LogP contribution in [0.4, 0.5) is 0 Å². The second-order valence-electron chi connectivity index (χ2n) is 3.43. The van der Waals surface area contributed by atoms with Gasteiger partial charge in [0.15, 0.2) is 0 Å². The molecule has 0 amide bonds. The molecule has 1 heteroatoms. The fourth-order valence-corrected chi connectivity index (χ4v) is 2.54. The molecular formula is C12H18S. The van der Waals surface area contributed by atoms with Crippen LogP contribution < -0.4 is 0 Å². The molecule has 1 aromatic heterocycles. The summed E-state index contributed by atoms with van der Waals surface area (Å²) in [4.78, 5) is 3.02.